The van der Waals surface area contributed by atoms with Gasteiger partial charge in [-0.3, -0.25) is 9.47 Å². The standard InChI is InChI=1S/C30H31ClN3O7P/c1-3-40-30(42-37,41-4-2)34-26-16-15-23(31)17-24(26)32-27(34)18-25(28(35)38-19-21-11-7-5-8-12-21)33-29(36)39-20-22-13-9-6-10-14-22/h5-17,25H,3-4,18-20H2,1-2H3,(H,33,36)/p+1. The van der Waals surface area contributed by atoms with Crippen LogP contribution >= 0.6 is 20.1 Å². The summed E-state index contributed by atoms with van der Waals surface area (Å²) in [5.41, 5.74) is 0.806. The number of carbonyl (C=O) groups is 2. The van der Waals surface area contributed by atoms with Crippen molar-refractivity contribution in [3.63, 3.8) is 0 Å². The fraction of sp³-hybridized carbons (Fsp3) is 0.300. The van der Waals surface area contributed by atoms with E-state index in [1.807, 2.05) is 60.7 Å². The van der Waals surface area contributed by atoms with E-state index in [0.717, 1.165) is 11.1 Å². The number of alkyl carbamates (subject to hydrolysis) is 1. The third kappa shape index (κ3) is 7.72. The number of nitrogens with one attached hydrogen (secondary N) is 1. The van der Waals surface area contributed by atoms with E-state index in [9.17, 15) is 14.2 Å². The average molecular weight is 613 g/mol. The Labute approximate surface area is 250 Å². The number of aromatic nitrogens is 2. The monoisotopic (exact) mass is 612 g/mol. The Kier molecular flexibility index (Phi) is 11.0. The molecular formula is C30H32ClN3O7P+. The smallest absolute Gasteiger partial charge is 0.459 e. The second-order valence-corrected chi connectivity index (χ2v) is 10.4. The van der Waals surface area contributed by atoms with Crippen LogP contribution in [0.2, 0.25) is 5.02 Å². The molecule has 0 aliphatic carbocycles. The molecule has 1 heterocycles. The van der Waals surface area contributed by atoms with Crippen LogP contribution < -0.4 is 5.32 Å². The summed E-state index contributed by atoms with van der Waals surface area (Å²) < 4.78 is 37.0. The van der Waals surface area contributed by atoms with Crippen molar-refractivity contribution in [1.29, 1.82) is 0 Å². The molecule has 1 amide bonds. The summed E-state index contributed by atoms with van der Waals surface area (Å²) in [5.74, 6) is -0.460. The molecule has 2 atom stereocenters. The van der Waals surface area contributed by atoms with E-state index < -0.39 is 32.2 Å². The van der Waals surface area contributed by atoms with Crippen LogP contribution in [0, 0.1) is 0 Å². The molecule has 0 bridgehead atoms. The molecule has 0 saturated heterocycles. The van der Waals surface area contributed by atoms with Gasteiger partial charge in [-0.2, -0.15) is 0 Å². The predicted molar refractivity (Wildman–Crippen MR) is 158 cm³/mol. The number of esters is 1. The molecule has 10 nitrogen and oxygen atoms in total. The van der Waals surface area contributed by atoms with E-state index in [1.54, 1.807) is 32.0 Å². The number of amides is 1. The molecule has 0 spiro atoms. The van der Waals surface area contributed by atoms with Crippen LogP contribution in [-0.2, 0) is 53.6 Å². The highest BCUT2D eigenvalue weighted by Crippen LogP contribution is 2.38. The van der Waals surface area contributed by atoms with Crippen LogP contribution in [0.3, 0.4) is 0 Å². The topological polar surface area (TPSA) is 118 Å². The zero-order valence-electron chi connectivity index (χ0n) is 23.2. The number of hydrogen-bond donors (Lipinski definition) is 1. The maximum atomic E-state index is 13.4. The van der Waals surface area contributed by atoms with Gasteiger partial charge in [0.2, 0.25) is 0 Å². The van der Waals surface area contributed by atoms with Crippen molar-refractivity contribution in [3.8, 4) is 0 Å². The number of ether oxygens (including phenoxy) is 4. The number of nitrogens with zero attached hydrogens (tertiary/aromatic N) is 2. The molecule has 220 valence electrons. The maximum absolute atomic E-state index is 13.4. The lowest BCUT2D eigenvalue weighted by Gasteiger charge is -2.25. The van der Waals surface area contributed by atoms with Gasteiger partial charge in [-0.15, -0.1) is 0 Å². The number of fused-ring (bicyclic) bond motifs is 1. The summed E-state index contributed by atoms with van der Waals surface area (Å²) in [4.78, 5) is 31.0. The van der Waals surface area contributed by atoms with Gasteiger partial charge in [0.25, 0.3) is 0 Å². The summed E-state index contributed by atoms with van der Waals surface area (Å²) in [6.07, 6.45) is -0.981. The Morgan fingerprint density at radius 2 is 1.52 bits per heavy atom. The first-order valence-electron chi connectivity index (χ1n) is 13.4. The van der Waals surface area contributed by atoms with E-state index in [-0.39, 0.29) is 38.7 Å². The van der Waals surface area contributed by atoms with Gasteiger partial charge < -0.3 is 14.8 Å². The molecule has 12 heteroatoms. The molecular weight excluding hydrogens is 581 g/mol. The molecule has 0 aliphatic heterocycles. The third-order valence-corrected chi connectivity index (χ3v) is 7.19. The van der Waals surface area contributed by atoms with Gasteiger partial charge in [-0.25, -0.2) is 19.1 Å². The van der Waals surface area contributed by atoms with E-state index >= 15 is 0 Å². The first-order valence-corrected chi connectivity index (χ1v) is 14.7. The molecule has 4 aromatic rings. The quantitative estimate of drug-likeness (QED) is 0.106. The van der Waals surface area contributed by atoms with E-state index in [1.165, 1.54) is 4.57 Å². The molecule has 42 heavy (non-hydrogen) atoms. The molecule has 0 saturated carbocycles. The van der Waals surface area contributed by atoms with Gasteiger partial charge in [0.15, 0.2) is 0 Å². The molecule has 0 aliphatic rings. The fourth-order valence-electron chi connectivity index (χ4n) is 4.35. The molecule has 0 fully saturated rings. The molecule has 4 rings (SSSR count). The number of rotatable bonds is 14. The van der Waals surface area contributed by atoms with Crippen LogP contribution in [0.4, 0.5) is 4.79 Å². The zero-order valence-corrected chi connectivity index (χ0v) is 25.0. The van der Waals surface area contributed by atoms with Gasteiger partial charge in [-0.1, -0.05) is 76.8 Å². The normalized spacial score (nSPS) is 12.3. The first-order chi connectivity index (χ1) is 20.4. The minimum atomic E-state index is -1.73. The van der Waals surface area contributed by atoms with Crippen LogP contribution in [0.15, 0.2) is 78.9 Å². The molecule has 2 unspecified atom stereocenters. The summed E-state index contributed by atoms with van der Waals surface area (Å²) in [5, 5.41) is 3.05. The van der Waals surface area contributed by atoms with Crippen molar-refractivity contribution < 1.29 is 33.1 Å². The van der Waals surface area contributed by atoms with Crippen molar-refractivity contribution in [3.05, 3.63) is 101 Å². The largest absolute Gasteiger partial charge is 0.467 e. The zero-order chi connectivity index (χ0) is 30.0. The third-order valence-electron chi connectivity index (χ3n) is 6.19. The Balaban J connectivity index is 1.68. The van der Waals surface area contributed by atoms with E-state index in [2.05, 4.69) is 10.3 Å². The van der Waals surface area contributed by atoms with Crippen molar-refractivity contribution in [1.82, 2.24) is 14.9 Å². The van der Waals surface area contributed by atoms with Crippen LogP contribution in [-0.4, -0.2) is 40.9 Å². The van der Waals surface area contributed by atoms with Crippen molar-refractivity contribution >= 4 is 43.2 Å². The van der Waals surface area contributed by atoms with Crippen molar-refractivity contribution in [2.45, 2.75) is 45.2 Å². The fourth-order valence-corrected chi connectivity index (χ4v) is 5.26. The minimum absolute atomic E-state index is 0.00452. The summed E-state index contributed by atoms with van der Waals surface area (Å²) in [6, 6.07) is 22.1. The SMILES string of the molecule is CCOC(OCC)([PH+]=O)n1c(CC(NC(=O)OCc2ccccc2)C(=O)OCc2ccccc2)nc2cc(Cl)ccc21. The van der Waals surface area contributed by atoms with Crippen LogP contribution in [0.5, 0.6) is 0 Å². The van der Waals surface area contributed by atoms with E-state index in [4.69, 9.17) is 30.5 Å². The number of hydrogen-bond acceptors (Lipinski definition) is 8. The maximum Gasteiger partial charge on any atom is 0.467 e. The van der Waals surface area contributed by atoms with Crippen LogP contribution in [0.25, 0.3) is 11.0 Å². The highest BCUT2D eigenvalue weighted by Gasteiger charge is 2.47. The summed E-state index contributed by atoms with van der Waals surface area (Å²) in [6.45, 7) is 3.84. The van der Waals surface area contributed by atoms with Crippen LogP contribution in [0.1, 0.15) is 30.8 Å². The number of carbonyl (C=O) groups excluding carboxylic acids is 2. The first kappa shape index (κ1) is 31.1. The van der Waals surface area contributed by atoms with Crippen molar-refractivity contribution in [2.24, 2.45) is 0 Å². The highest BCUT2D eigenvalue weighted by atomic mass is 35.5. The average Bonchev–Trinajstić information content (AvgIpc) is 3.36. The van der Waals surface area contributed by atoms with Gasteiger partial charge >= 0.3 is 26.2 Å². The lowest BCUT2D eigenvalue weighted by molar-refractivity contribution is -0.223. The van der Waals surface area contributed by atoms with Gasteiger partial charge in [0.05, 0.1) is 24.2 Å². The lowest BCUT2D eigenvalue weighted by Crippen LogP contribution is -2.45. The Morgan fingerprint density at radius 1 is 0.929 bits per heavy atom. The Hall–Kier alpha value is -3.82. The van der Waals surface area contributed by atoms with E-state index in [0.29, 0.717) is 16.1 Å². The Morgan fingerprint density at radius 3 is 2.10 bits per heavy atom. The van der Waals surface area contributed by atoms with Gasteiger partial charge in [0.1, 0.15) is 25.1 Å². The second-order valence-electron chi connectivity index (χ2n) is 9.10. The Bertz CT molecular complexity index is 1500. The van der Waals surface area contributed by atoms with Gasteiger partial charge in [-0.05, 0) is 43.2 Å². The molecule has 1 aromatic heterocycles. The molecule has 0 radical (unpaired) electrons. The molecule has 3 aromatic carbocycles. The lowest BCUT2D eigenvalue weighted by atomic mass is 10.2. The van der Waals surface area contributed by atoms with Gasteiger partial charge in [0, 0.05) is 11.4 Å². The predicted octanol–water partition coefficient (Wildman–Crippen LogP) is 5.94. The second kappa shape index (κ2) is 14.9. The molecule has 1 N–H and O–H groups in total. The summed E-state index contributed by atoms with van der Waals surface area (Å²) in [7, 11) is -1.10. The van der Waals surface area contributed by atoms with Crippen molar-refractivity contribution in [2.75, 3.05) is 13.2 Å². The number of halogens is 1. The number of imidazole rings is 1. The highest BCUT2D eigenvalue weighted by molar-refractivity contribution is 7.24. The minimum Gasteiger partial charge on any atom is -0.459 e. The number of benzene rings is 3. The summed E-state index contributed by atoms with van der Waals surface area (Å²) >= 11 is 6.24.